The molecule has 0 saturated carbocycles. The Morgan fingerprint density at radius 3 is 2.46 bits per heavy atom. The maximum absolute atomic E-state index is 12.1. The van der Waals surface area contributed by atoms with Crippen molar-refractivity contribution < 1.29 is 24.2 Å². The molecule has 2 aromatic carbocycles. The summed E-state index contributed by atoms with van der Waals surface area (Å²) in [5.41, 5.74) is 1.64. The Bertz CT molecular complexity index is 749. The zero-order valence-corrected chi connectivity index (χ0v) is 14.3. The Morgan fingerprint density at radius 2 is 1.85 bits per heavy atom. The fourth-order valence-electron chi connectivity index (χ4n) is 2.76. The molecule has 136 valence electrons. The van der Waals surface area contributed by atoms with E-state index in [2.05, 4.69) is 5.32 Å². The lowest BCUT2D eigenvalue weighted by atomic mass is 10.1. The molecule has 2 N–H and O–H groups in total. The largest absolute Gasteiger partial charge is 0.491 e. The molecule has 1 saturated heterocycles. The minimum absolute atomic E-state index is 0.166. The summed E-state index contributed by atoms with van der Waals surface area (Å²) in [5, 5.41) is 11.7. The summed E-state index contributed by atoms with van der Waals surface area (Å²) < 4.78 is 11.2. The highest BCUT2D eigenvalue weighted by Crippen LogP contribution is 2.18. The Balaban J connectivity index is 1.48. The van der Waals surface area contributed by atoms with Crippen LogP contribution in [0.15, 0.2) is 48.5 Å². The highest BCUT2D eigenvalue weighted by molar-refractivity contribution is 5.92. The lowest BCUT2D eigenvalue weighted by Gasteiger charge is -2.12. The van der Waals surface area contributed by atoms with Gasteiger partial charge in [-0.05, 0) is 54.8 Å². The van der Waals surface area contributed by atoms with E-state index in [0.29, 0.717) is 12.3 Å². The van der Waals surface area contributed by atoms with Crippen LogP contribution in [0.25, 0.3) is 0 Å². The molecule has 6 heteroatoms. The summed E-state index contributed by atoms with van der Waals surface area (Å²) in [6, 6.07) is 13.5. The van der Waals surface area contributed by atoms with Gasteiger partial charge in [0.15, 0.2) is 0 Å². The lowest BCUT2D eigenvalue weighted by molar-refractivity contribution is -0.115. The average molecular weight is 355 g/mol. The van der Waals surface area contributed by atoms with Gasteiger partial charge < -0.3 is 19.9 Å². The number of carbonyl (C=O) groups excluding carboxylic acids is 1. The van der Waals surface area contributed by atoms with Crippen LogP contribution in [-0.2, 0) is 16.0 Å². The second-order valence-electron chi connectivity index (χ2n) is 6.20. The van der Waals surface area contributed by atoms with Crippen LogP contribution < -0.4 is 10.1 Å². The van der Waals surface area contributed by atoms with Crippen molar-refractivity contribution in [1.29, 1.82) is 0 Å². The number of carboxylic acids is 1. The van der Waals surface area contributed by atoms with E-state index in [-0.39, 0.29) is 24.0 Å². The fourth-order valence-corrected chi connectivity index (χ4v) is 2.76. The number of ether oxygens (including phenoxy) is 2. The predicted octanol–water partition coefficient (Wildman–Crippen LogP) is 3.12. The minimum Gasteiger partial charge on any atom is -0.491 e. The van der Waals surface area contributed by atoms with Gasteiger partial charge in [-0.25, -0.2) is 4.79 Å². The zero-order chi connectivity index (χ0) is 18.4. The maximum atomic E-state index is 12.1. The molecule has 0 bridgehead atoms. The molecular formula is C20H21NO5. The molecule has 0 aromatic heterocycles. The van der Waals surface area contributed by atoms with Gasteiger partial charge in [0.2, 0.25) is 5.91 Å². The van der Waals surface area contributed by atoms with Gasteiger partial charge in [0.25, 0.3) is 0 Å². The Morgan fingerprint density at radius 1 is 1.12 bits per heavy atom. The third-order valence-corrected chi connectivity index (χ3v) is 4.16. The van der Waals surface area contributed by atoms with Gasteiger partial charge in [-0.2, -0.15) is 0 Å². The molecule has 1 fully saturated rings. The van der Waals surface area contributed by atoms with E-state index < -0.39 is 5.97 Å². The van der Waals surface area contributed by atoms with E-state index in [0.717, 1.165) is 30.8 Å². The number of carbonyl (C=O) groups is 2. The molecule has 0 radical (unpaired) electrons. The molecule has 1 heterocycles. The van der Waals surface area contributed by atoms with E-state index in [4.69, 9.17) is 14.6 Å². The molecule has 1 aliphatic rings. The van der Waals surface area contributed by atoms with Gasteiger partial charge in [-0.1, -0.05) is 12.1 Å². The van der Waals surface area contributed by atoms with Gasteiger partial charge in [-0.3, -0.25) is 4.79 Å². The van der Waals surface area contributed by atoms with Crippen LogP contribution in [0.2, 0.25) is 0 Å². The van der Waals surface area contributed by atoms with Crippen LogP contribution in [0, 0.1) is 0 Å². The van der Waals surface area contributed by atoms with Crippen molar-refractivity contribution in [2.24, 2.45) is 0 Å². The Hall–Kier alpha value is -2.86. The van der Waals surface area contributed by atoms with Crippen LogP contribution in [0.3, 0.4) is 0 Å². The van der Waals surface area contributed by atoms with Gasteiger partial charge in [0.1, 0.15) is 12.4 Å². The Kier molecular flexibility index (Phi) is 5.86. The van der Waals surface area contributed by atoms with Crippen molar-refractivity contribution in [3.63, 3.8) is 0 Å². The van der Waals surface area contributed by atoms with Crippen LogP contribution in [0.4, 0.5) is 5.69 Å². The second-order valence-corrected chi connectivity index (χ2v) is 6.20. The second kappa shape index (κ2) is 8.49. The van der Waals surface area contributed by atoms with Crippen LogP contribution in [0.5, 0.6) is 5.75 Å². The van der Waals surface area contributed by atoms with Crippen molar-refractivity contribution in [3.05, 3.63) is 59.7 Å². The van der Waals surface area contributed by atoms with Crippen molar-refractivity contribution in [1.82, 2.24) is 0 Å². The summed E-state index contributed by atoms with van der Waals surface area (Å²) in [7, 11) is 0. The summed E-state index contributed by atoms with van der Waals surface area (Å²) in [6.45, 7) is 1.34. The highest BCUT2D eigenvalue weighted by atomic mass is 16.5. The predicted molar refractivity (Wildman–Crippen MR) is 96.6 cm³/mol. The molecule has 0 aliphatic carbocycles. The van der Waals surface area contributed by atoms with Crippen LogP contribution in [-0.4, -0.2) is 36.3 Å². The zero-order valence-electron chi connectivity index (χ0n) is 14.3. The standard InChI is InChI=1S/C20H21NO5/c22-19(12-14-3-5-15(6-4-14)20(23)24)21-16-7-9-17(10-8-16)26-13-18-2-1-11-25-18/h3-10,18H,1-2,11-13H2,(H,21,22)(H,23,24). The van der Waals surface area contributed by atoms with Crippen molar-refractivity contribution in [2.75, 3.05) is 18.5 Å². The molecule has 0 spiro atoms. The number of benzene rings is 2. The molecule has 1 amide bonds. The first-order chi connectivity index (χ1) is 12.6. The third-order valence-electron chi connectivity index (χ3n) is 4.16. The summed E-state index contributed by atoms with van der Waals surface area (Å²) in [6.07, 6.45) is 2.46. The first-order valence-electron chi connectivity index (χ1n) is 8.57. The lowest BCUT2D eigenvalue weighted by Crippen LogP contribution is -2.16. The van der Waals surface area contributed by atoms with Gasteiger partial charge >= 0.3 is 5.97 Å². The maximum Gasteiger partial charge on any atom is 0.335 e. The van der Waals surface area contributed by atoms with Crippen molar-refractivity contribution >= 4 is 17.6 Å². The van der Waals surface area contributed by atoms with E-state index >= 15 is 0 Å². The molecule has 1 atom stereocenters. The molecule has 6 nitrogen and oxygen atoms in total. The van der Waals surface area contributed by atoms with Crippen LogP contribution in [0.1, 0.15) is 28.8 Å². The van der Waals surface area contributed by atoms with E-state index in [1.807, 2.05) is 12.1 Å². The van der Waals surface area contributed by atoms with Gasteiger partial charge in [0, 0.05) is 12.3 Å². The number of anilines is 1. The molecule has 1 aliphatic heterocycles. The van der Waals surface area contributed by atoms with Crippen molar-refractivity contribution in [2.45, 2.75) is 25.4 Å². The first kappa shape index (κ1) is 17.9. The smallest absolute Gasteiger partial charge is 0.335 e. The number of aromatic carboxylic acids is 1. The summed E-state index contributed by atoms with van der Waals surface area (Å²) in [4.78, 5) is 22.9. The monoisotopic (exact) mass is 355 g/mol. The molecule has 26 heavy (non-hydrogen) atoms. The Labute approximate surface area is 151 Å². The minimum atomic E-state index is -0.984. The van der Waals surface area contributed by atoms with Crippen LogP contribution >= 0.6 is 0 Å². The van der Waals surface area contributed by atoms with Crippen molar-refractivity contribution in [3.8, 4) is 5.75 Å². The molecule has 3 rings (SSSR count). The fraction of sp³-hybridized carbons (Fsp3) is 0.300. The third kappa shape index (κ3) is 5.07. The van der Waals surface area contributed by atoms with Gasteiger partial charge in [-0.15, -0.1) is 0 Å². The quantitative estimate of drug-likeness (QED) is 0.797. The molecule has 2 aromatic rings. The number of rotatable bonds is 7. The summed E-state index contributed by atoms with van der Waals surface area (Å²) in [5.74, 6) is -0.410. The highest BCUT2D eigenvalue weighted by Gasteiger charge is 2.15. The normalized spacial score (nSPS) is 16.2. The van der Waals surface area contributed by atoms with E-state index in [1.165, 1.54) is 12.1 Å². The molecular weight excluding hydrogens is 334 g/mol. The van der Waals surface area contributed by atoms with E-state index in [1.54, 1.807) is 24.3 Å². The SMILES string of the molecule is O=C(Cc1ccc(C(=O)O)cc1)Nc1ccc(OCC2CCCO2)cc1. The number of carboxylic acid groups (broad SMARTS) is 1. The number of nitrogens with one attached hydrogen (secondary N) is 1. The van der Waals surface area contributed by atoms with E-state index in [9.17, 15) is 9.59 Å². The van der Waals surface area contributed by atoms with Gasteiger partial charge in [0.05, 0.1) is 18.1 Å². The number of amides is 1. The summed E-state index contributed by atoms with van der Waals surface area (Å²) >= 11 is 0. The molecule has 1 unspecified atom stereocenters. The first-order valence-corrected chi connectivity index (χ1v) is 8.57. The number of hydrogen-bond acceptors (Lipinski definition) is 4. The average Bonchev–Trinajstić information content (AvgIpc) is 3.15. The number of hydrogen-bond donors (Lipinski definition) is 2. The topological polar surface area (TPSA) is 84.9 Å².